The highest BCUT2D eigenvalue weighted by Crippen LogP contribution is 2.25. The topological polar surface area (TPSA) is 26.2 Å². The smallest absolute Gasteiger partial charge is 0.124 e. The minimum Gasteiger partial charge on any atom is -0.496 e. The van der Waals surface area contributed by atoms with Gasteiger partial charge in [0.25, 0.3) is 0 Å². The largest absolute Gasteiger partial charge is 0.496 e. The predicted octanol–water partition coefficient (Wildman–Crippen LogP) is 5.78. The van der Waals surface area contributed by atoms with Crippen molar-refractivity contribution < 1.29 is 9.13 Å². The number of benzene rings is 3. The van der Waals surface area contributed by atoms with E-state index in [1.165, 1.54) is 23.1 Å². The number of halogens is 2. The number of para-hydroxylation sites is 2. The molecule has 1 N–H and O–H groups in total. The maximum atomic E-state index is 13.4. The molecular formula is C24H22ClFN2O. The van der Waals surface area contributed by atoms with Crippen molar-refractivity contribution in [2.45, 2.75) is 19.6 Å². The molecular weight excluding hydrogens is 387 g/mol. The number of aromatic nitrogens is 1. The van der Waals surface area contributed by atoms with E-state index in [1.54, 1.807) is 13.2 Å². The average molecular weight is 409 g/mol. The zero-order valence-electron chi connectivity index (χ0n) is 16.2. The Morgan fingerprint density at radius 1 is 0.931 bits per heavy atom. The summed E-state index contributed by atoms with van der Waals surface area (Å²) in [4.78, 5) is 0. The number of fused-ring (bicyclic) bond motifs is 1. The van der Waals surface area contributed by atoms with Crippen LogP contribution in [0.5, 0.6) is 5.75 Å². The molecule has 0 aliphatic heterocycles. The maximum absolute atomic E-state index is 13.4. The average Bonchev–Trinajstić information content (AvgIpc) is 3.08. The number of ether oxygens (including phenoxy) is 1. The summed E-state index contributed by atoms with van der Waals surface area (Å²) in [6.45, 7) is 2.03. The van der Waals surface area contributed by atoms with Crippen molar-refractivity contribution in [2.24, 2.45) is 0 Å². The van der Waals surface area contributed by atoms with Gasteiger partial charge in [0.1, 0.15) is 11.6 Å². The normalized spacial score (nSPS) is 11.1. The zero-order valence-corrected chi connectivity index (χ0v) is 16.9. The van der Waals surface area contributed by atoms with E-state index < -0.39 is 0 Å². The maximum Gasteiger partial charge on any atom is 0.124 e. The molecule has 3 nitrogen and oxygen atoms in total. The van der Waals surface area contributed by atoms with E-state index in [2.05, 4.69) is 34.3 Å². The summed E-state index contributed by atoms with van der Waals surface area (Å²) in [7, 11) is 1.69. The summed E-state index contributed by atoms with van der Waals surface area (Å²) in [5.74, 6) is 0.561. The molecule has 1 aromatic heterocycles. The lowest BCUT2D eigenvalue weighted by Crippen LogP contribution is -2.13. The molecule has 29 heavy (non-hydrogen) atoms. The van der Waals surface area contributed by atoms with Gasteiger partial charge in [0.05, 0.1) is 7.11 Å². The Morgan fingerprint density at radius 2 is 1.69 bits per heavy atom. The van der Waals surface area contributed by atoms with E-state index in [-0.39, 0.29) is 5.82 Å². The van der Waals surface area contributed by atoms with Crippen LogP contribution in [0.25, 0.3) is 10.9 Å². The lowest BCUT2D eigenvalue weighted by atomic mass is 10.1. The van der Waals surface area contributed by atoms with Crippen LogP contribution in [0.3, 0.4) is 0 Å². The first-order valence-electron chi connectivity index (χ1n) is 9.49. The summed E-state index contributed by atoms with van der Waals surface area (Å²) >= 11 is 6.24. The van der Waals surface area contributed by atoms with Crippen LogP contribution in [0.2, 0.25) is 5.02 Å². The zero-order chi connectivity index (χ0) is 20.2. The molecule has 5 heteroatoms. The second kappa shape index (κ2) is 8.68. The molecule has 0 saturated heterocycles. The van der Waals surface area contributed by atoms with Crippen molar-refractivity contribution in [1.29, 1.82) is 0 Å². The Bertz CT molecular complexity index is 1140. The van der Waals surface area contributed by atoms with Crippen LogP contribution in [-0.2, 0) is 19.6 Å². The molecule has 0 radical (unpaired) electrons. The Morgan fingerprint density at radius 3 is 2.52 bits per heavy atom. The van der Waals surface area contributed by atoms with E-state index in [4.69, 9.17) is 16.3 Å². The molecule has 4 aromatic rings. The van der Waals surface area contributed by atoms with Crippen LogP contribution in [0.4, 0.5) is 4.39 Å². The van der Waals surface area contributed by atoms with Crippen LogP contribution < -0.4 is 10.1 Å². The first kappa shape index (κ1) is 19.5. The van der Waals surface area contributed by atoms with E-state index in [0.717, 1.165) is 28.9 Å². The monoisotopic (exact) mass is 408 g/mol. The molecule has 0 amide bonds. The summed E-state index contributed by atoms with van der Waals surface area (Å²) in [5, 5.41) is 5.15. The predicted molar refractivity (Wildman–Crippen MR) is 116 cm³/mol. The fourth-order valence-corrected chi connectivity index (χ4v) is 3.84. The van der Waals surface area contributed by atoms with Crippen LogP contribution >= 0.6 is 11.6 Å². The van der Waals surface area contributed by atoms with Gasteiger partial charge in [-0.05, 0) is 35.4 Å². The van der Waals surface area contributed by atoms with Gasteiger partial charge >= 0.3 is 0 Å². The second-order valence-corrected chi connectivity index (χ2v) is 7.36. The van der Waals surface area contributed by atoms with Crippen molar-refractivity contribution in [1.82, 2.24) is 9.88 Å². The quantitative estimate of drug-likeness (QED) is 0.419. The molecule has 0 unspecified atom stereocenters. The minimum atomic E-state index is -0.322. The number of nitrogens with one attached hydrogen (secondary N) is 1. The third-order valence-electron chi connectivity index (χ3n) is 5.05. The summed E-state index contributed by atoms with van der Waals surface area (Å²) in [6, 6.07) is 20.8. The van der Waals surface area contributed by atoms with Gasteiger partial charge in [-0.15, -0.1) is 0 Å². The summed E-state index contributed by atoms with van der Waals surface area (Å²) in [5.41, 5.74) is 4.34. The molecule has 0 atom stereocenters. The van der Waals surface area contributed by atoms with Gasteiger partial charge in [-0.3, -0.25) is 0 Å². The first-order chi connectivity index (χ1) is 14.2. The molecule has 0 spiro atoms. The Labute approximate surface area is 174 Å². The van der Waals surface area contributed by atoms with Crippen molar-refractivity contribution in [3.05, 3.63) is 100 Å². The number of hydrogen-bond acceptors (Lipinski definition) is 2. The molecule has 1 heterocycles. The third-order valence-corrected chi connectivity index (χ3v) is 5.40. The number of nitrogens with zero attached hydrogens (tertiary/aromatic N) is 1. The number of rotatable bonds is 7. The molecule has 0 saturated carbocycles. The van der Waals surface area contributed by atoms with Gasteiger partial charge in [-0.2, -0.15) is 0 Å². The van der Waals surface area contributed by atoms with E-state index in [9.17, 15) is 4.39 Å². The van der Waals surface area contributed by atoms with Crippen LogP contribution in [0, 0.1) is 5.82 Å². The van der Waals surface area contributed by atoms with Gasteiger partial charge < -0.3 is 14.6 Å². The van der Waals surface area contributed by atoms with Gasteiger partial charge in [0, 0.05) is 47.3 Å². The fourth-order valence-electron chi connectivity index (χ4n) is 3.61. The molecule has 0 aliphatic carbocycles. The Kier molecular flexibility index (Phi) is 5.84. The molecule has 4 rings (SSSR count). The van der Waals surface area contributed by atoms with Crippen LogP contribution in [0.1, 0.15) is 16.7 Å². The van der Waals surface area contributed by atoms with Crippen molar-refractivity contribution in [2.75, 3.05) is 7.11 Å². The summed E-state index contributed by atoms with van der Waals surface area (Å²) < 4.78 is 21.0. The van der Waals surface area contributed by atoms with Crippen LogP contribution in [-0.4, -0.2) is 11.7 Å². The Hall–Kier alpha value is -2.82. The number of hydrogen-bond donors (Lipinski definition) is 1. The highest BCUT2D eigenvalue weighted by atomic mass is 35.5. The van der Waals surface area contributed by atoms with Gasteiger partial charge in [-0.25, -0.2) is 4.39 Å². The third kappa shape index (κ3) is 4.29. The molecule has 0 fully saturated rings. The first-order valence-corrected chi connectivity index (χ1v) is 9.87. The van der Waals surface area contributed by atoms with E-state index >= 15 is 0 Å². The Balaban J connectivity index is 1.56. The van der Waals surface area contributed by atoms with Crippen molar-refractivity contribution in [3.63, 3.8) is 0 Å². The SMILES string of the molecule is COc1ccccc1CNCc1cn(Cc2ccc(F)cc2Cl)c2ccccc12. The summed E-state index contributed by atoms with van der Waals surface area (Å²) in [6.07, 6.45) is 2.14. The van der Waals surface area contributed by atoms with Gasteiger partial charge in [0.2, 0.25) is 0 Å². The standard InChI is InChI=1S/C24H22ClFN2O/c1-29-24-9-5-2-6-17(24)13-27-14-19-16-28(23-8-4-3-7-21(19)23)15-18-10-11-20(26)12-22(18)25/h2-12,16,27H,13-15H2,1H3. The van der Waals surface area contributed by atoms with Crippen molar-refractivity contribution in [3.8, 4) is 5.75 Å². The van der Waals surface area contributed by atoms with E-state index in [1.807, 2.05) is 30.3 Å². The van der Waals surface area contributed by atoms with Crippen LogP contribution in [0.15, 0.2) is 72.9 Å². The van der Waals surface area contributed by atoms with Gasteiger partial charge in [-0.1, -0.05) is 54.1 Å². The number of methoxy groups -OCH3 is 1. The fraction of sp³-hybridized carbons (Fsp3) is 0.167. The van der Waals surface area contributed by atoms with Crippen molar-refractivity contribution >= 4 is 22.5 Å². The molecule has 3 aromatic carbocycles. The lowest BCUT2D eigenvalue weighted by molar-refractivity contribution is 0.407. The molecule has 0 aliphatic rings. The van der Waals surface area contributed by atoms with Gasteiger partial charge in [0.15, 0.2) is 0 Å². The molecule has 148 valence electrons. The minimum absolute atomic E-state index is 0.322. The van der Waals surface area contributed by atoms with E-state index in [0.29, 0.717) is 18.1 Å². The second-order valence-electron chi connectivity index (χ2n) is 6.95. The molecule has 0 bridgehead atoms. The highest BCUT2D eigenvalue weighted by Gasteiger charge is 2.11. The highest BCUT2D eigenvalue weighted by molar-refractivity contribution is 6.31. The lowest BCUT2D eigenvalue weighted by Gasteiger charge is -2.09.